The minimum absolute atomic E-state index is 0.666. The van der Waals surface area contributed by atoms with Crippen molar-refractivity contribution in [2.24, 2.45) is 0 Å². The van der Waals surface area contributed by atoms with Gasteiger partial charge >= 0.3 is 0 Å². The summed E-state index contributed by atoms with van der Waals surface area (Å²) >= 11 is 0. The maximum absolute atomic E-state index is 8.81. The Labute approximate surface area is 100 Å². The van der Waals surface area contributed by atoms with Crippen LogP contribution in [0.4, 0.5) is 0 Å². The molecular formula is C15H10N2. The number of hydrogen-bond donors (Lipinski definition) is 0. The van der Waals surface area contributed by atoms with Gasteiger partial charge in [-0.15, -0.1) is 0 Å². The maximum Gasteiger partial charge on any atom is 0.0991 e. The van der Waals surface area contributed by atoms with Gasteiger partial charge in [-0.3, -0.25) is 0 Å². The van der Waals surface area contributed by atoms with E-state index >= 15 is 0 Å². The summed E-state index contributed by atoms with van der Waals surface area (Å²) in [6.07, 6.45) is 0.779. The van der Waals surface area contributed by atoms with Crippen LogP contribution in [0.2, 0.25) is 0 Å². The predicted octanol–water partition coefficient (Wildman–Crippen LogP) is 3.02. The molecule has 2 heteroatoms. The van der Waals surface area contributed by atoms with E-state index in [1.54, 1.807) is 6.07 Å². The lowest BCUT2D eigenvalue weighted by Crippen LogP contribution is -1.89. The standard InChI is InChI=1S/C15H10N2/c16-10-13-6-4-12(5-7-13)8-14-2-1-3-15(9-14)11-17/h1-7,9H,8H2. The largest absolute Gasteiger partial charge is 0.192 e. The highest BCUT2D eigenvalue weighted by molar-refractivity contribution is 5.37. The van der Waals surface area contributed by atoms with Crippen LogP contribution in [0, 0.1) is 22.7 Å². The van der Waals surface area contributed by atoms with Gasteiger partial charge < -0.3 is 0 Å². The minimum atomic E-state index is 0.666. The van der Waals surface area contributed by atoms with E-state index in [2.05, 4.69) is 12.1 Å². The molecule has 0 radical (unpaired) electrons. The van der Waals surface area contributed by atoms with Gasteiger partial charge in [0.1, 0.15) is 0 Å². The Morgan fingerprint density at radius 1 is 0.765 bits per heavy atom. The van der Waals surface area contributed by atoms with Crippen LogP contribution in [0.15, 0.2) is 48.5 Å². The first-order chi connectivity index (χ1) is 8.31. The maximum atomic E-state index is 8.81. The van der Waals surface area contributed by atoms with Crippen molar-refractivity contribution in [2.45, 2.75) is 6.42 Å². The molecule has 0 atom stereocenters. The third kappa shape index (κ3) is 2.71. The zero-order valence-electron chi connectivity index (χ0n) is 9.22. The average molecular weight is 218 g/mol. The van der Waals surface area contributed by atoms with E-state index in [9.17, 15) is 0 Å². The van der Waals surface area contributed by atoms with Gasteiger partial charge in [0.25, 0.3) is 0 Å². The monoisotopic (exact) mass is 218 g/mol. The van der Waals surface area contributed by atoms with Crippen molar-refractivity contribution in [3.8, 4) is 12.1 Å². The van der Waals surface area contributed by atoms with Crippen LogP contribution in [0.3, 0.4) is 0 Å². The van der Waals surface area contributed by atoms with Crippen molar-refractivity contribution in [2.75, 3.05) is 0 Å². The lowest BCUT2D eigenvalue weighted by Gasteiger charge is -2.02. The van der Waals surface area contributed by atoms with E-state index in [4.69, 9.17) is 10.5 Å². The Bertz CT molecular complexity index is 598. The number of rotatable bonds is 2. The first-order valence-corrected chi connectivity index (χ1v) is 5.30. The van der Waals surface area contributed by atoms with E-state index in [0.29, 0.717) is 11.1 Å². The third-order valence-electron chi connectivity index (χ3n) is 2.55. The summed E-state index contributed by atoms with van der Waals surface area (Å²) in [5, 5.41) is 17.5. The molecule has 2 nitrogen and oxygen atoms in total. The Balaban J connectivity index is 2.20. The zero-order chi connectivity index (χ0) is 12.1. The predicted molar refractivity (Wildman–Crippen MR) is 65.1 cm³/mol. The molecule has 17 heavy (non-hydrogen) atoms. The second-order valence-electron chi connectivity index (χ2n) is 3.80. The van der Waals surface area contributed by atoms with Crippen LogP contribution in [-0.4, -0.2) is 0 Å². The third-order valence-corrected chi connectivity index (χ3v) is 2.55. The normalized spacial score (nSPS) is 9.29. The quantitative estimate of drug-likeness (QED) is 0.777. The van der Waals surface area contributed by atoms with Crippen molar-refractivity contribution in [1.82, 2.24) is 0 Å². The molecule has 2 rings (SSSR count). The van der Waals surface area contributed by atoms with Gasteiger partial charge in [0.05, 0.1) is 23.3 Å². The number of hydrogen-bond acceptors (Lipinski definition) is 2. The van der Waals surface area contributed by atoms with Crippen molar-refractivity contribution >= 4 is 0 Å². The van der Waals surface area contributed by atoms with E-state index in [1.165, 1.54) is 0 Å². The fourth-order valence-corrected chi connectivity index (χ4v) is 1.68. The molecule has 0 saturated heterocycles. The van der Waals surface area contributed by atoms with Crippen molar-refractivity contribution in [3.63, 3.8) is 0 Å². The van der Waals surface area contributed by atoms with Crippen molar-refractivity contribution < 1.29 is 0 Å². The molecule has 0 saturated carbocycles. The van der Waals surface area contributed by atoms with Gasteiger partial charge in [0.15, 0.2) is 0 Å². The van der Waals surface area contributed by atoms with E-state index < -0.39 is 0 Å². The summed E-state index contributed by atoms with van der Waals surface area (Å²) in [6, 6.07) is 19.3. The minimum Gasteiger partial charge on any atom is -0.192 e. The summed E-state index contributed by atoms with van der Waals surface area (Å²) in [4.78, 5) is 0. The van der Waals surface area contributed by atoms with Gasteiger partial charge in [-0.2, -0.15) is 10.5 Å². The molecular weight excluding hydrogens is 208 g/mol. The van der Waals surface area contributed by atoms with Crippen LogP contribution in [0.25, 0.3) is 0 Å². The molecule has 0 amide bonds. The Hall–Kier alpha value is -2.58. The van der Waals surface area contributed by atoms with Crippen molar-refractivity contribution in [1.29, 1.82) is 10.5 Å². The zero-order valence-corrected chi connectivity index (χ0v) is 9.22. The van der Waals surface area contributed by atoms with Gasteiger partial charge in [0.2, 0.25) is 0 Å². The van der Waals surface area contributed by atoms with Crippen molar-refractivity contribution in [3.05, 3.63) is 70.8 Å². The molecule has 0 aliphatic heterocycles. The van der Waals surface area contributed by atoms with Crippen LogP contribution in [0.5, 0.6) is 0 Å². The smallest absolute Gasteiger partial charge is 0.0991 e. The topological polar surface area (TPSA) is 47.6 Å². The number of nitrogens with zero attached hydrogens (tertiary/aromatic N) is 2. The summed E-state index contributed by atoms with van der Waals surface area (Å²) in [5.74, 6) is 0. The molecule has 2 aromatic carbocycles. The van der Waals surface area contributed by atoms with Gasteiger partial charge in [-0.25, -0.2) is 0 Å². The van der Waals surface area contributed by atoms with Crippen LogP contribution in [0.1, 0.15) is 22.3 Å². The highest BCUT2D eigenvalue weighted by Gasteiger charge is 1.98. The van der Waals surface area contributed by atoms with Crippen LogP contribution >= 0.6 is 0 Å². The summed E-state index contributed by atoms with van der Waals surface area (Å²) in [5.41, 5.74) is 3.59. The molecule has 0 fully saturated rings. The Kier molecular flexibility index (Phi) is 3.19. The number of benzene rings is 2. The van der Waals surface area contributed by atoms with Gasteiger partial charge in [0, 0.05) is 0 Å². The highest BCUT2D eigenvalue weighted by Crippen LogP contribution is 2.12. The van der Waals surface area contributed by atoms with Crippen LogP contribution < -0.4 is 0 Å². The molecule has 0 unspecified atom stereocenters. The fraction of sp³-hybridized carbons (Fsp3) is 0.0667. The lowest BCUT2D eigenvalue weighted by atomic mass is 10.0. The number of nitriles is 2. The molecule has 80 valence electrons. The molecule has 0 aliphatic rings. The van der Waals surface area contributed by atoms with E-state index in [-0.39, 0.29) is 0 Å². The Morgan fingerprint density at radius 2 is 1.47 bits per heavy atom. The first kappa shape index (κ1) is 10.9. The van der Waals surface area contributed by atoms with E-state index in [0.717, 1.165) is 17.5 Å². The Morgan fingerprint density at radius 3 is 2.12 bits per heavy atom. The fourth-order valence-electron chi connectivity index (χ4n) is 1.68. The summed E-state index contributed by atoms with van der Waals surface area (Å²) in [6.45, 7) is 0. The van der Waals surface area contributed by atoms with Crippen LogP contribution in [-0.2, 0) is 6.42 Å². The molecule has 0 aromatic heterocycles. The SMILES string of the molecule is N#Cc1ccc(Cc2cccc(C#N)c2)cc1. The summed E-state index contributed by atoms with van der Waals surface area (Å²) in [7, 11) is 0. The molecule has 0 heterocycles. The molecule has 2 aromatic rings. The summed E-state index contributed by atoms with van der Waals surface area (Å²) < 4.78 is 0. The molecule has 0 N–H and O–H groups in total. The first-order valence-electron chi connectivity index (χ1n) is 5.30. The van der Waals surface area contributed by atoms with Gasteiger partial charge in [-0.1, -0.05) is 24.3 Å². The molecule has 0 spiro atoms. The second-order valence-corrected chi connectivity index (χ2v) is 3.80. The highest BCUT2D eigenvalue weighted by atomic mass is 14.2. The molecule has 0 bridgehead atoms. The molecule has 0 aliphatic carbocycles. The van der Waals surface area contributed by atoms with Gasteiger partial charge in [-0.05, 0) is 41.8 Å². The lowest BCUT2D eigenvalue weighted by molar-refractivity contribution is 1.19. The second kappa shape index (κ2) is 4.96. The van der Waals surface area contributed by atoms with E-state index in [1.807, 2.05) is 42.5 Å². The average Bonchev–Trinajstić information content (AvgIpc) is 2.40.